The van der Waals surface area contributed by atoms with E-state index < -0.39 is 0 Å². The number of unbranched alkanes of at least 4 members (excludes halogenated alkanes) is 1. The lowest BCUT2D eigenvalue weighted by Gasteiger charge is -2.12. The van der Waals surface area contributed by atoms with Gasteiger partial charge in [0.2, 0.25) is 5.91 Å². The van der Waals surface area contributed by atoms with Crippen molar-refractivity contribution in [1.29, 1.82) is 5.26 Å². The van der Waals surface area contributed by atoms with E-state index in [0.717, 1.165) is 24.0 Å². The maximum Gasteiger partial charge on any atom is 0.221 e. The molecule has 0 aromatic heterocycles. The van der Waals surface area contributed by atoms with E-state index in [2.05, 4.69) is 18.3 Å². The fourth-order valence-corrected chi connectivity index (χ4v) is 1.87. The number of carbonyl (C=O) groups excluding carboxylic acids is 1. The first-order valence-corrected chi connectivity index (χ1v) is 6.40. The van der Waals surface area contributed by atoms with E-state index in [-0.39, 0.29) is 18.2 Å². The van der Waals surface area contributed by atoms with Gasteiger partial charge in [-0.3, -0.25) is 4.79 Å². The van der Waals surface area contributed by atoms with Crippen LogP contribution in [0.3, 0.4) is 0 Å². The van der Waals surface area contributed by atoms with Crippen LogP contribution in [0.4, 0.5) is 0 Å². The number of amides is 1. The number of benzene rings is 1. The van der Waals surface area contributed by atoms with E-state index in [1.807, 2.05) is 31.2 Å². The summed E-state index contributed by atoms with van der Waals surface area (Å²) in [6, 6.07) is 9.95. The molecule has 0 aliphatic heterocycles. The third-order valence-electron chi connectivity index (χ3n) is 2.96. The molecule has 0 heterocycles. The summed E-state index contributed by atoms with van der Waals surface area (Å²) < 4.78 is 0. The number of hydrogen-bond acceptors (Lipinski definition) is 2. The minimum Gasteiger partial charge on any atom is -0.356 e. The highest BCUT2D eigenvalue weighted by molar-refractivity contribution is 5.77. The minimum atomic E-state index is -0.354. The van der Waals surface area contributed by atoms with Crippen LogP contribution in [0.15, 0.2) is 24.3 Å². The summed E-state index contributed by atoms with van der Waals surface area (Å²) >= 11 is 0. The second-order valence-corrected chi connectivity index (χ2v) is 4.45. The molecule has 0 fully saturated rings. The maximum atomic E-state index is 11.7. The molecule has 96 valence electrons. The fourth-order valence-electron chi connectivity index (χ4n) is 1.87. The molecule has 0 saturated carbocycles. The van der Waals surface area contributed by atoms with E-state index in [4.69, 9.17) is 0 Å². The number of aryl methyl sites for hydroxylation is 1. The molecule has 0 radical (unpaired) electrons. The highest BCUT2D eigenvalue weighted by Crippen LogP contribution is 2.22. The minimum absolute atomic E-state index is 0.0433. The molecule has 0 saturated heterocycles. The van der Waals surface area contributed by atoms with Crippen molar-refractivity contribution in [1.82, 2.24) is 5.32 Å². The largest absolute Gasteiger partial charge is 0.356 e. The van der Waals surface area contributed by atoms with Crippen LogP contribution in [-0.4, -0.2) is 12.5 Å². The van der Waals surface area contributed by atoms with Crippen molar-refractivity contribution in [2.45, 2.75) is 39.0 Å². The zero-order chi connectivity index (χ0) is 13.4. The molecule has 1 aromatic carbocycles. The van der Waals surface area contributed by atoms with Crippen LogP contribution in [0, 0.1) is 18.3 Å². The number of rotatable bonds is 6. The molecule has 1 unspecified atom stereocenters. The van der Waals surface area contributed by atoms with Crippen molar-refractivity contribution in [3.63, 3.8) is 0 Å². The topological polar surface area (TPSA) is 52.9 Å². The molecule has 3 heteroatoms. The highest BCUT2D eigenvalue weighted by atomic mass is 16.1. The Kier molecular flexibility index (Phi) is 5.93. The predicted molar refractivity (Wildman–Crippen MR) is 72.1 cm³/mol. The SMILES string of the molecule is CCCCNC(=O)CC(C#N)c1ccccc1C. The Bertz CT molecular complexity index is 434. The molecule has 1 amide bonds. The van der Waals surface area contributed by atoms with Gasteiger partial charge in [0.25, 0.3) is 0 Å². The van der Waals surface area contributed by atoms with Crippen molar-refractivity contribution in [3.8, 4) is 6.07 Å². The van der Waals surface area contributed by atoms with Crippen LogP contribution in [0.25, 0.3) is 0 Å². The summed E-state index contributed by atoms with van der Waals surface area (Å²) in [6.07, 6.45) is 2.28. The highest BCUT2D eigenvalue weighted by Gasteiger charge is 2.16. The molecule has 0 bridgehead atoms. The number of nitriles is 1. The van der Waals surface area contributed by atoms with Gasteiger partial charge in [-0.05, 0) is 24.5 Å². The van der Waals surface area contributed by atoms with Crippen LogP contribution >= 0.6 is 0 Å². The Morgan fingerprint density at radius 3 is 2.78 bits per heavy atom. The van der Waals surface area contributed by atoms with Gasteiger partial charge in [-0.2, -0.15) is 5.26 Å². The zero-order valence-corrected chi connectivity index (χ0v) is 11.1. The van der Waals surface area contributed by atoms with Crippen LogP contribution in [0.1, 0.15) is 43.2 Å². The van der Waals surface area contributed by atoms with Crippen molar-refractivity contribution in [2.24, 2.45) is 0 Å². The van der Waals surface area contributed by atoms with Gasteiger partial charge in [0, 0.05) is 13.0 Å². The molecule has 1 atom stereocenters. The van der Waals surface area contributed by atoms with Gasteiger partial charge < -0.3 is 5.32 Å². The number of nitrogens with zero attached hydrogens (tertiary/aromatic N) is 1. The quantitative estimate of drug-likeness (QED) is 0.782. The van der Waals surface area contributed by atoms with Gasteiger partial charge in [0.15, 0.2) is 0 Å². The lowest BCUT2D eigenvalue weighted by Crippen LogP contribution is -2.25. The van der Waals surface area contributed by atoms with Gasteiger partial charge >= 0.3 is 0 Å². The second-order valence-electron chi connectivity index (χ2n) is 4.45. The maximum absolute atomic E-state index is 11.7. The van der Waals surface area contributed by atoms with Gasteiger partial charge in [-0.1, -0.05) is 37.6 Å². The smallest absolute Gasteiger partial charge is 0.221 e. The molecule has 0 aliphatic carbocycles. The summed E-state index contributed by atoms with van der Waals surface area (Å²) in [7, 11) is 0. The average molecular weight is 244 g/mol. The van der Waals surface area contributed by atoms with E-state index >= 15 is 0 Å². The van der Waals surface area contributed by atoms with Gasteiger partial charge in [0.05, 0.1) is 12.0 Å². The van der Waals surface area contributed by atoms with Gasteiger partial charge in [-0.15, -0.1) is 0 Å². The van der Waals surface area contributed by atoms with Crippen LogP contribution in [0.5, 0.6) is 0 Å². The standard InChI is InChI=1S/C15H20N2O/c1-3-4-9-17-15(18)10-13(11-16)14-8-6-5-7-12(14)2/h5-8,13H,3-4,9-10H2,1-2H3,(H,17,18). The molecule has 1 N–H and O–H groups in total. The van der Waals surface area contributed by atoms with Crippen LogP contribution in [-0.2, 0) is 4.79 Å². The molecular formula is C15H20N2O. The zero-order valence-electron chi connectivity index (χ0n) is 11.1. The molecule has 1 rings (SSSR count). The molecule has 3 nitrogen and oxygen atoms in total. The average Bonchev–Trinajstić information content (AvgIpc) is 2.37. The normalized spacial score (nSPS) is 11.6. The number of hydrogen-bond donors (Lipinski definition) is 1. The first-order valence-electron chi connectivity index (χ1n) is 6.40. The van der Waals surface area contributed by atoms with E-state index in [0.29, 0.717) is 6.54 Å². The van der Waals surface area contributed by atoms with E-state index in [1.54, 1.807) is 0 Å². The first-order chi connectivity index (χ1) is 8.69. The third kappa shape index (κ3) is 4.21. The molecule has 0 spiro atoms. The molecule has 0 aliphatic rings. The van der Waals surface area contributed by atoms with Crippen molar-refractivity contribution < 1.29 is 4.79 Å². The van der Waals surface area contributed by atoms with Crippen molar-refractivity contribution in [2.75, 3.05) is 6.54 Å². The fraction of sp³-hybridized carbons (Fsp3) is 0.467. The molecular weight excluding hydrogens is 224 g/mol. The Hall–Kier alpha value is -1.82. The van der Waals surface area contributed by atoms with E-state index in [1.165, 1.54) is 0 Å². The van der Waals surface area contributed by atoms with Crippen LogP contribution in [0.2, 0.25) is 0 Å². The molecule has 1 aromatic rings. The van der Waals surface area contributed by atoms with Crippen molar-refractivity contribution >= 4 is 5.91 Å². The Morgan fingerprint density at radius 1 is 1.44 bits per heavy atom. The monoisotopic (exact) mass is 244 g/mol. The van der Waals surface area contributed by atoms with Gasteiger partial charge in [-0.25, -0.2) is 0 Å². The third-order valence-corrected chi connectivity index (χ3v) is 2.96. The van der Waals surface area contributed by atoms with Crippen LogP contribution < -0.4 is 5.32 Å². The number of nitrogens with one attached hydrogen (secondary N) is 1. The molecule has 18 heavy (non-hydrogen) atoms. The van der Waals surface area contributed by atoms with Gasteiger partial charge in [0.1, 0.15) is 0 Å². The summed E-state index contributed by atoms with van der Waals surface area (Å²) in [5, 5.41) is 12.0. The second kappa shape index (κ2) is 7.50. The Balaban J connectivity index is 2.61. The Labute approximate surface area is 109 Å². The summed E-state index contributed by atoms with van der Waals surface area (Å²) in [4.78, 5) is 11.7. The predicted octanol–water partition coefficient (Wildman–Crippen LogP) is 2.91. The van der Waals surface area contributed by atoms with Crippen molar-refractivity contribution in [3.05, 3.63) is 35.4 Å². The first kappa shape index (κ1) is 14.2. The lowest BCUT2D eigenvalue weighted by atomic mass is 9.93. The summed E-state index contributed by atoms with van der Waals surface area (Å²) in [5.41, 5.74) is 2.01. The summed E-state index contributed by atoms with van der Waals surface area (Å²) in [5.74, 6) is -0.397. The number of carbonyl (C=O) groups is 1. The lowest BCUT2D eigenvalue weighted by molar-refractivity contribution is -0.121. The summed E-state index contributed by atoms with van der Waals surface area (Å²) in [6.45, 7) is 4.74. The Morgan fingerprint density at radius 2 is 2.17 bits per heavy atom. The van der Waals surface area contributed by atoms with E-state index in [9.17, 15) is 10.1 Å².